The van der Waals surface area contributed by atoms with Gasteiger partial charge in [-0.05, 0) is 55.5 Å². The number of nitrogens with one attached hydrogen (secondary N) is 1. The average Bonchev–Trinajstić information content (AvgIpc) is 2.92. The van der Waals surface area contributed by atoms with Crippen molar-refractivity contribution in [1.29, 1.82) is 0 Å². The Morgan fingerprint density at radius 3 is 2.75 bits per heavy atom. The van der Waals surface area contributed by atoms with Crippen LogP contribution in [0.5, 0.6) is 5.75 Å². The lowest BCUT2D eigenvalue weighted by atomic mass is 10.1. The van der Waals surface area contributed by atoms with E-state index < -0.39 is 0 Å². The largest absolute Gasteiger partial charge is 0.496 e. The number of hydrogen-bond donors (Lipinski definition) is 1. The van der Waals surface area contributed by atoms with Crippen molar-refractivity contribution in [3.8, 4) is 5.75 Å². The van der Waals surface area contributed by atoms with E-state index in [9.17, 15) is 0 Å². The number of ether oxygens (including phenoxy) is 1. The van der Waals surface area contributed by atoms with Gasteiger partial charge in [0.15, 0.2) is 0 Å². The predicted octanol–water partition coefficient (Wildman–Crippen LogP) is 4.10. The van der Waals surface area contributed by atoms with Crippen LogP contribution in [-0.2, 0) is 19.4 Å². The van der Waals surface area contributed by atoms with E-state index in [2.05, 4.69) is 42.6 Å². The summed E-state index contributed by atoms with van der Waals surface area (Å²) in [6, 6.07) is 13.0. The van der Waals surface area contributed by atoms with Crippen LogP contribution in [0.1, 0.15) is 28.7 Å². The molecular weight excluding hydrogens is 246 g/mol. The lowest BCUT2D eigenvalue weighted by Gasteiger charge is -2.12. The molecule has 0 saturated heterocycles. The van der Waals surface area contributed by atoms with Crippen LogP contribution in [0, 0.1) is 6.92 Å². The molecule has 104 valence electrons. The molecule has 0 unspecified atom stereocenters. The lowest BCUT2D eigenvalue weighted by molar-refractivity contribution is 0.410. The first-order chi connectivity index (χ1) is 9.76. The molecule has 0 heterocycles. The first-order valence-corrected chi connectivity index (χ1v) is 7.25. The Morgan fingerprint density at radius 2 is 1.90 bits per heavy atom. The monoisotopic (exact) mass is 267 g/mol. The maximum atomic E-state index is 5.42. The van der Waals surface area contributed by atoms with Crippen LogP contribution < -0.4 is 10.1 Å². The van der Waals surface area contributed by atoms with Crippen molar-refractivity contribution in [3.63, 3.8) is 0 Å². The summed E-state index contributed by atoms with van der Waals surface area (Å²) in [7, 11) is 1.73. The van der Waals surface area contributed by atoms with Gasteiger partial charge in [-0.3, -0.25) is 0 Å². The standard InChI is InChI=1S/C18H21NO/c1-13-6-9-18(20-2)16(10-13)12-19-17-8-7-14-4-3-5-15(14)11-17/h6-11,19H,3-5,12H2,1-2H3. The molecule has 0 bridgehead atoms. The van der Waals surface area contributed by atoms with Crippen molar-refractivity contribution in [2.75, 3.05) is 12.4 Å². The van der Waals surface area contributed by atoms with E-state index in [1.807, 2.05) is 6.07 Å². The van der Waals surface area contributed by atoms with Gasteiger partial charge in [-0.15, -0.1) is 0 Å². The third-order valence-corrected chi connectivity index (χ3v) is 4.02. The minimum atomic E-state index is 0.795. The number of fused-ring (bicyclic) bond motifs is 1. The van der Waals surface area contributed by atoms with Crippen LogP contribution in [0.4, 0.5) is 5.69 Å². The van der Waals surface area contributed by atoms with E-state index in [1.54, 1.807) is 7.11 Å². The summed E-state index contributed by atoms with van der Waals surface area (Å²) in [6.07, 6.45) is 3.75. The van der Waals surface area contributed by atoms with Crippen molar-refractivity contribution in [1.82, 2.24) is 0 Å². The zero-order valence-corrected chi connectivity index (χ0v) is 12.2. The minimum Gasteiger partial charge on any atom is -0.496 e. The van der Waals surface area contributed by atoms with Gasteiger partial charge in [-0.1, -0.05) is 23.8 Å². The summed E-state index contributed by atoms with van der Waals surface area (Å²) in [5, 5.41) is 3.51. The Hall–Kier alpha value is -1.96. The zero-order valence-electron chi connectivity index (χ0n) is 12.2. The van der Waals surface area contributed by atoms with Crippen LogP contribution in [0.25, 0.3) is 0 Å². The molecule has 0 spiro atoms. The second-order valence-electron chi connectivity index (χ2n) is 5.51. The fourth-order valence-corrected chi connectivity index (χ4v) is 2.92. The van der Waals surface area contributed by atoms with E-state index >= 15 is 0 Å². The Bertz CT molecular complexity index is 619. The smallest absolute Gasteiger partial charge is 0.123 e. The SMILES string of the molecule is COc1ccc(C)cc1CNc1ccc2c(c1)CCC2. The van der Waals surface area contributed by atoms with E-state index in [0.717, 1.165) is 12.3 Å². The number of benzene rings is 2. The molecular formula is C18H21NO. The van der Waals surface area contributed by atoms with Gasteiger partial charge < -0.3 is 10.1 Å². The molecule has 1 aliphatic rings. The number of rotatable bonds is 4. The average molecular weight is 267 g/mol. The molecule has 0 aliphatic heterocycles. The minimum absolute atomic E-state index is 0.795. The molecule has 2 aromatic carbocycles. The van der Waals surface area contributed by atoms with Crippen molar-refractivity contribution in [2.24, 2.45) is 0 Å². The van der Waals surface area contributed by atoms with E-state index in [0.29, 0.717) is 0 Å². The van der Waals surface area contributed by atoms with Gasteiger partial charge in [0, 0.05) is 17.8 Å². The van der Waals surface area contributed by atoms with Gasteiger partial charge in [0.2, 0.25) is 0 Å². The second kappa shape index (κ2) is 5.58. The maximum absolute atomic E-state index is 5.42. The Kier molecular flexibility index (Phi) is 3.64. The summed E-state index contributed by atoms with van der Waals surface area (Å²) in [5.74, 6) is 0.948. The number of anilines is 1. The highest BCUT2D eigenvalue weighted by Gasteiger charge is 2.11. The zero-order chi connectivity index (χ0) is 13.9. The van der Waals surface area contributed by atoms with Gasteiger partial charge in [0.05, 0.1) is 7.11 Å². The molecule has 2 nitrogen and oxygen atoms in total. The van der Waals surface area contributed by atoms with Crippen molar-refractivity contribution in [2.45, 2.75) is 32.7 Å². The molecule has 3 rings (SSSR count). The molecule has 2 aromatic rings. The molecule has 0 atom stereocenters. The van der Waals surface area contributed by atoms with Crippen LogP contribution in [0.3, 0.4) is 0 Å². The van der Waals surface area contributed by atoms with Gasteiger partial charge in [-0.2, -0.15) is 0 Å². The number of methoxy groups -OCH3 is 1. The highest BCUT2D eigenvalue weighted by molar-refractivity contribution is 5.51. The van der Waals surface area contributed by atoms with Crippen LogP contribution in [0.15, 0.2) is 36.4 Å². The molecule has 20 heavy (non-hydrogen) atoms. The molecule has 2 heteroatoms. The Balaban J connectivity index is 1.75. The first-order valence-electron chi connectivity index (χ1n) is 7.25. The topological polar surface area (TPSA) is 21.3 Å². The molecule has 0 radical (unpaired) electrons. The van der Waals surface area contributed by atoms with Gasteiger partial charge in [0.1, 0.15) is 5.75 Å². The predicted molar refractivity (Wildman–Crippen MR) is 83.5 cm³/mol. The second-order valence-corrected chi connectivity index (χ2v) is 5.51. The summed E-state index contributed by atoms with van der Waals surface area (Å²) in [6.45, 7) is 2.90. The molecule has 0 aromatic heterocycles. The summed E-state index contributed by atoms with van der Waals surface area (Å²) < 4.78 is 5.42. The van der Waals surface area contributed by atoms with Gasteiger partial charge in [-0.25, -0.2) is 0 Å². The van der Waals surface area contributed by atoms with Crippen LogP contribution in [0.2, 0.25) is 0 Å². The fraction of sp³-hybridized carbons (Fsp3) is 0.333. The maximum Gasteiger partial charge on any atom is 0.123 e. The van der Waals surface area contributed by atoms with Gasteiger partial charge in [0.25, 0.3) is 0 Å². The van der Waals surface area contributed by atoms with Crippen molar-refractivity contribution < 1.29 is 4.74 Å². The summed E-state index contributed by atoms with van der Waals surface area (Å²) in [4.78, 5) is 0. The Labute approximate surface area is 120 Å². The molecule has 1 N–H and O–H groups in total. The molecule has 0 amide bonds. The summed E-state index contributed by atoms with van der Waals surface area (Å²) in [5.41, 5.74) is 6.69. The highest BCUT2D eigenvalue weighted by Crippen LogP contribution is 2.26. The Morgan fingerprint density at radius 1 is 1.05 bits per heavy atom. The van der Waals surface area contributed by atoms with E-state index in [4.69, 9.17) is 4.74 Å². The van der Waals surface area contributed by atoms with Gasteiger partial charge >= 0.3 is 0 Å². The molecule has 1 aliphatic carbocycles. The van der Waals surface area contributed by atoms with E-state index in [-0.39, 0.29) is 0 Å². The van der Waals surface area contributed by atoms with E-state index in [1.165, 1.54) is 47.2 Å². The first kappa shape index (κ1) is 13.0. The molecule has 0 saturated carbocycles. The third kappa shape index (κ3) is 2.64. The normalized spacial score (nSPS) is 13.1. The lowest BCUT2D eigenvalue weighted by Crippen LogP contribution is -2.02. The van der Waals surface area contributed by atoms with Crippen molar-refractivity contribution >= 4 is 5.69 Å². The quantitative estimate of drug-likeness (QED) is 0.900. The highest BCUT2D eigenvalue weighted by atomic mass is 16.5. The van der Waals surface area contributed by atoms with Crippen LogP contribution >= 0.6 is 0 Å². The van der Waals surface area contributed by atoms with Crippen LogP contribution in [-0.4, -0.2) is 7.11 Å². The number of hydrogen-bond acceptors (Lipinski definition) is 2. The number of aryl methyl sites for hydroxylation is 3. The van der Waals surface area contributed by atoms with Crippen molar-refractivity contribution in [3.05, 3.63) is 58.7 Å². The fourth-order valence-electron chi connectivity index (χ4n) is 2.92. The third-order valence-electron chi connectivity index (χ3n) is 4.02. The summed E-state index contributed by atoms with van der Waals surface area (Å²) >= 11 is 0. The molecule has 0 fully saturated rings.